The zero-order valence-electron chi connectivity index (χ0n) is 9.21. The molecule has 0 aliphatic rings. The van der Waals surface area contributed by atoms with Crippen LogP contribution in [0, 0.1) is 0 Å². The van der Waals surface area contributed by atoms with Crippen molar-refractivity contribution in [1.29, 1.82) is 0 Å². The molecule has 1 N–H and O–H groups in total. The van der Waals surface area contributed by atoms with Crippen LogP contribution in [0.4, 0.5) is 0 Å². The number of amides is 1. The third kappa shape index (κ3) is 3.34. The zero-order valence-corrected chi connectivity index (χ0v) is 9.21. The van der Waals surface area contributed by atoms with Crippen molar-refractivity contribution >= 4 is 5.91 Å². The molecule has 2 aromatic heterocycles. The molecule has 0 aromatic carbocycles. The van der Waals surface area contributed by atoms with E-state index >= 15 is 0 Å². The molecule has 0 saturated carbocycles. The summed E-state index contributed by atoms with van der Waals surface area (Å²) in [5.74, 6) is -0.214. The number of aromatic nitrogens is 3. The summed E-state index contributed by atoms with van der Waals surface area (Å²) in [7, 11) is 0. The van der Waals surface area contributed by atoms with Gasteiger partial charge in [0.05, 0.1) is 6.20 Å². The molecule has 0 fully saturated rings. The topological polar surface area (TPSA) is 67.8 Å². The van der Waals surface area contributed by atoms with Crippen LogP contribution in [0.25, 0.3) is 0 Å². The Morgan fingerprint density at radius 2 is 2.12 bits per heavy atom. The summed E-state index contributed by atoms with van der Waals surface area (Å²) in [6, 6.07) is 5.71. The summed E-state index contributed by atoms with van der Waals surface area (Å²) >= 11 is 0. The van der Waals surface area contributed by atoms with Crippen molar-refractivity contribution in [2.75, 3.05) is 6.54 Å². The molecule has 0 atom stereocenters. The van der Waals surface area contributed by atoms with E-state index < -0.39 is 0 Å². The van der Waals surface area contributed by atoms with Gasteiger partial charge in [-0.15, -0.1) is 0 Å². The lowest BCUT2D eigenvalue weighted by Crippen LogP contribution is -2.26. The standard InChI is InChI=1S/C12H12N4O/c17-12(11-9-13-7-8-15-11)16-6-4-10-3-1-2-5-14-10/h1-3,5,7-9H,4,6H2,(H,16,17). The second kappa shape index (κ2) is 5.69. The Bertz CT molecular complexity index is 472. The van der Waals surface area contributed by atoms with E-state index in [1.807, 2.05) is 18.2 Å². The molecule has 0 radical (unpaired) electrons. The fourth-order valence-electron chi connectivity index (χ4n) is 1.36. The fraction of sp³-hybridized carbons (Fsp3) is 0.167. The van der Waals surface area contributed by atoms with Crippen LogP contribution in [-0.2, 0) is 6.42 Å². The van der Waals surface area contributed by atoms with Crippen LogP contribution < -0.4 is 5.32 Å². The minimum atomic E-state index is -0.214. The Labute approximate surface area is 99.0 Å². The number of hydrogen-bond acceptors (Lipinski definition) is 4. The normalized spacial score (nSPS) is 9.88. The van der Waals surface area contributed by atoms with Gasteiger partial charge in [-0.25, -0.2) is 4.98 Å². The van der Waals surface area contributed by atoms with E-state index in [2.05, 4.69) is 20.3 Å². The average molecular weight is 228 g/mol. The van der Waals surface area contributed by atoms with Gasteiger partial charge in [-0.3, -0.25) is 14.8 Å². The quantitative estimate of drug-likeness (QED) is 0.842. The minimum Gasteiger partial charge on any atom is -0.350 e. The van der Waals surface area contributed by atoms with Crippen molar-refractivity contribution in [1.82, 2.24) is 20.3 Å². The van der Waals surface area contributed by atoms with Crippen molar-refractivity contribution < 1.29 is 4.79 Å². The maximum atomic E-state index is 11.6. The average Bonchev–Trinajstić information content (AvgIpc) is 2.41. The highest BCUT2D eigenvalue weighted by molar-refractivity contribution is 5.91. The van der Waals surface area contributed by atoms with Gasteiger partial charge in [-0.2, -0.15) is 0 Å². The van der Waals surface area contributed by atoms with E-state index in [1.165, 1.54) is 18.6 Å². The van der Waals surface area contributed by atoms with Crippen LogP contribution in [0.5, 0.6) is 0 Å². The van der Waals surface area contributed by atoms with Gasteiger partial charge in [-0.05, 0) is 12.1 Å². The van der Waals surface area contributed by atoms with Crippen LogP contribution in [0.1, 0.15) is 16.2 Å². The third-order valence-electron chi connectivity index (χ3n) is 2.19. The lowest BCUT2D eigenvalue weighted by atomic mass is 10.2. The number of carbonyl (C=O) groups is 1. The zero-order chi connectivity index (χ0) is 11.9. The first-order valence-electron chi connectivity index (χ1n) is 5.30. The highest BCUT2D eigenvalue weighted by Crippen LogP contribution is 1.94. The Kier molecular flexibility index (Phi) is 3.75. The lowest BCUT2D eigenvalue weighted by molar-refractivity contribution is 0.0948. The van der Waals surface area contributed by atoms with Crippen molar-refractivity contribution in [3.63, 3.8) is 0 Å². The molecule has 5 heteroatoms. The molecular weight excluding hydrogens is 216 g/mol. The Balaban J connectivity index is 1.82. The molecule has 17 heavy (non-hydrogen) atoms. The predicted octanol–water partition coefficient (Wildman–Crippen LogP) is 0.844. The molecule has 86 valence electrons. The first-order chi connectivity index (χ1) is 8.36. The Hall–Kier alpha value is -2.30. The number of rotatable bonds is 4. The molecular formula is C12H12N4O. The van der Waals surface area contributed by atoms with Crippen molar-refractivity contribution in [3.8, 4) is 0 Å². The molecule has 0 saturated heterocycles. The van der Waals surface area contributed by atoms with Gasteiger partial charge in [-0.1, -0.05) is 6.07 Å². The largest absolute Gasteiger partial charge is 0.350 e. The smallest absolute Gasteiger partial charge is 0.271 e. The molecule has 2 rings (SSSR count). The van der Waals surface area contributed by atoms with Crippen LogP contribution in [0.3, 0.4) is 0 Å². The second-order valence-corrected chi connectivity index (χ2v) is 3.42. The van der Waals surface area contributed by atoms with Gasteiger partial charge >= 0.3 is 0 Å². The third-order valence-corrected chi connectivity index (χ3v) is 2.19. The molecule has 0 aliphatic carbocycles. The van der Waals surface area contributed by atoms with E-state index in [1.54, 1.807) is 6.20 Å². The van der Waals surface area contributed by atoms with Gasteiger partial charge in [0, 0.05) is 37.3 Å². The summed E-state index contributed by atoms with van der Waals surface area (Å²) < 4.78 is 0. The summed E-state index contributed by atoms with van der Waals surface area (Å²) in [6.45, 7) is 0.534. The molecule has 5 nitrogen and oxygen atoms in total. The number of carbonyl (C=O) groups excluding carboxylic acids is 1. The molecule has 2 aromatic rings. The van der Waals surface area contributed by atoms with Crippen LogP contribution in [0.2, 0.25) is 0 Å². The lowest BCUT2D eigenvalue weighted by Gasteiger charge is -2.03. The summed E-state index contributed by atoms with van der Waals surface area (Å²) in [5.41, 5.74) is 1.28. The van der Waals surface area contributed by atoms with E-state index in [4.69, 9.17) is 0 Å². The van der Waals surface area contributed by atoms with Crippen molar-refractivity contribution in [3.05, 3.63) is 54.4 Å². The van der Waals surface area contributed by atoms with Gasteiger partial charge in [0.15, 0.2) is 0 Å². The predicted molar refractivity (Wildman–Crippen MR) is 62.3 cm³/mol. The molecule has 1 amide bonds. The maximum absolute atomic E-state index is 11.6. The molecule has 0 unspecified atom stereocenters. The number of pyridine rings is 1. The van der Waals surface area contributed by atoms with E-state index in [9.17, 15) is 4.79 Å². The van der Waals surface area contributed by atoms with Gasteiger partial charge in [0.2, 0.25) is 0 Å². The first kappa shape index (κ1) is 11.2. The van der Waals surface area contributed by atoms with Gasteiger partial charge < -0.3 is 5.32 Å². The summed E-state index contributed by atoms with van der Waals surface area (Å²) in [6.07, 6.45) is 6.90. The minimum absolute atomic E-state index is 0.214. The number of hydrogen-bond donors (Lipinski definition) is 1. The van der Waals surface area contributed by atoms with Gasteiger partial charge in [0.25, 0.3) is 5.91 Å². The van der Waals surface area contributed by atoms with Crippen LogP contribution >= 0.6 is 0 Å². The molecule has 2 heterocycles. The van der Waals surface area contributed by atoms with Crippen LogP contribution in [-0.4, -0.2) is 27.4 Å². The van der Waals surface area contributed by atoms with Crippen molar-refractivity contribution in [2.45, 2.75) is 6.42 Å². The van der Waals surface area contributed by atoms with E-state index in [-0.39, 0.29) is 5.91 Å². The van der Waals surface area contributed by atoms with E-state index in [0.717, 1.165) is 5.69 Å². The Morgan fingerprint density at radius 3 is 2.82 bits per heavy atom. The highest BCUT2D eigenvalue weighted by atomic mass is 16.1. The Morgan fingerprint density at radius 1 is 1.18 bits per heavy atom. The molecule has 0 bridgehead atoms. The van der Waals surface area contributed by atoms with Gasteiger partial charge in [0.1, 0.15) is 5.69 Å². The molecule has 0 spiro atoms. The SMILES string of the molecule is O=C(NCCc1ccccn1)c1cnccn1. The summed E-state index contributed by atoms with van der Waals surface area (Å²) in [5, 5.41) is 2.77. The number of nitrogens with zero attached hydrogens (tertiary/aromatic N) is 3. The molecule has 0 aliphatic heterocycles. The van der Waals surface area contributed by atoms with Crippen molar-refractivity contribution in [2.24, 2.45) is 0 Å². The fourth-order valence-corrected chi connectivity index (χ4v) is 1.36. The second-order valence-electron chi connectivity index (χ2n) is 3.42. The number of nitrogens with one attached hydrogen (secondary N) is 1. The maximum Gasteiger partial charge on any atom is 0.271 e. The first-order valence-corrected chi connectivity index (χ1v) is 5.30. The van der Waals surface area contributed by atoms with E-state index in [0.29, 0.717) is 18.7 Å². The highest BCUT2D eigenvalue weighted by Gasteiger charge is 2.05. The monoisotopic (exact) mass is 228 g/mol. The summed E-state index contributed by atoms with van der Waals surface area (Å²) in [4.78, 5) is 23.5. The van der Waals surface area contributed by atoms with Crippen LogP contribution in [0.15, 0.2) is 43.0 Å².